The van der Waals surface area contributed by atoms with E-state index in [1.54, 1.807) is 0 Å². The molecule has 1 spiro atoms. The third-order valence-corrected chi connectivity index (χ3v) is 6.56. The smallest absolute Gasteiger partial charge is 0.192 e. The van der Waals surface area contributed by atoms with Crippen LogP contribution in [0.1, 0.15) is 43.5 Å². The quantitative estimate of drug-likeness (QED) is 0.706. The van der Waals surface area contributed by atoms with Gasteiger partial charge in [0.05, 0.1) is 30.7 Å². The molecule has 1 atom stereocenters. The molecule has 1 aromatic carbocycles. The van der Waals surface area contributed by atoms with Gasteiger partial charge in [-0.2, -0.15) is 0 Å². The maximum atomic E-state index is 10.0. The molecule has 2 aliphatic heterocycles. The van der Waals surface area contributed by atoms with Crippen molar-refractivity contribution in [3.05, 3.63) is 35.5 Å². The first-order valence-corrected chi connectivity index (χ1v) is 10.7. The molecule has 4 heterocycles. The van der Waals surface area contributed by atoms with Crippen molar-refractivity contribution in [2.45, 2.75) is 52.7 Å². The number of aryl methyl sites for hydroxylation is 2. The molecule has 2 saturated heterocycles. The van der Waals surface area contributed by atoms with Crippen LogP contribution in [-0.4, -0.2) is 45.9 Å². The number of aliphatic hydroxyl groups is 1. The van der Waals surface area contributed by atoms with Crippen molar-refractivity contribution in [2.75, 3.05) is 24.6 Å². The van der Waals surface area contributed by atoms with Crippen molar-refractivity contribution >= 4 is 16.9 Å². The predicted octanol–water partition coefficient (Wildman–Crippen LogP) is 3.79. The molecule has 5 rings (SSSR count). The molecule has 0 saturated carbocycles. The second kappa shape index (κ2) is 7.32. The van der Waals surface area contributed by atoms with Gasteiger partial charge in [-0.3, -0.25) is 0 Å². The summed E-state index contributed by atoms with van der Waals surface area (Å²) in [4.78, 5) is 16.4. The highest BCUT2D eigenvalue weighted by Crippen LogP contribution is 2.42. The number of nitrogens with zero attached hydrogens (tertiary/aromatic N) is 4. The minimum absolute atomic E-state index is 0.136. The summed E-state index contributed by atoms with van der Waals surface area (Å²) in [6.07, 6.45) is 3.68. The molecule has 7 heteroatoms. The molecule has 158 valence electrons. The summed E-state index contributed by atoms with van der Waals surface area (Å²) >= 11 is 0. The van der Waals surface area contributed by atoms with E-state index in [0.717, 1.165) is 72.8 Å². The molecule has 2 fully saturated rings. The number of rotatable bonds is 3. The van der Waals surface area contributed by atoms with Crippen LogP contribution >= 0.6 is 0 Å². The third kappa shape index (κ3) is 3.36. The van der Waals surface area contributed by atoms with Gasteiger partial charge in [-0.25, -0.2) is 15.0 Å². The molecular weight excluding hydrogens is 380 g/mol. The normalized spacial score (nSPS) is 21.1. The first-order valence-electron chi connectivity index (χ1n) is 10.7. The average molecular weight is 409 g/mol. The van der Waals surface area contributed by atoms with Crippen molar-refractivity contribution < 1.29 is 14.3 Å². The van der Waals surface area contributed by atoms with Crippen LogP contribution in [0.2, 0.25) is 0 Å². The van der Waals surface area contributed by atoms with E-state index in [1.807, 2.05) is 32.0 Å². The van der Waals surface area contributed by atoms with E-state index < -0.39 is 0 Å². The summed E-state index contributed by atoms with van der Waals surface area (Å²) in [5.74, 6) is 1.44. The van der Waals surface area contributed by atoms with Crippen LogP contribution in [0.5, 0.6) is 0 Å². The van der Waals surface area contributed by atoms with Crippen LogP contribution in [0.3, 0.4) is 0 Å². The zero-order valence-corrected chi connectivity index (χ0v) is 17.8. The van der Waals surface area contributed by atoms with Crippen LogP contribution in [-0.2, 0) is 11.3 Å². The molecular formula is C23H28N4O3. The Hall–Kier alpha value is -2.51. The number of ether oxygens (including phenoxy) is 1. The van der Waals surface area contributed by atoms with Crippen LogP contribution in [0.15, 0.2) is 22.6 Å². The van der Waals surface area contributed by atoms with Gasteiger partial charge in [-0.15, -0.1) is 0 Å². The monoisotopic (exact) mass is 408 g/mol. The number of fused-ring (bicyclic) bond motifs is 1. The van der Waals surface area contributed by atoms with E-state index in [0.29, 0.717) is 23.1 Å². The lowest BCUT2D eigenvalue weighted by Crippen LogP contribution is -2.41. The Morgan fingerprint density at radius 1 is 1.17 bits per heavy atom. The van der Waals surface area contributed by atoms with Gasteiger partial charge >= 0.3 is 0 Å². The van der Waals surface area contributed by atoms with Crippen LogP contribution < -0.4 is 4.90 Å². The minimum atomic E-state index is -0.136. The van der Waals surface area contributed by atoms with E-state index in [2.05, 4.69) is 16.8 Å². The Kier molecular flexibility index (Phi) is 4.75. The fraction of sp³-hybridized carbons (Fsp3) is 0.522. The molecule has 0 unspecified atom stereocenters. The first kappa shape index (κ1) is 19.5. The topological polar surface area (TPSA) is 84.5 Å². The Balaban J connectivity index is 1.44. The molecule has 0 aliphatic carbocycles. The SMILES string of the molecule is Cc1nc2cc(-c3nc(CO)c(N4CCC5(CC4)CO[C@@H](C)C5)nc3C)ccc2o1. The molecule has 0 radical (unpaired) electrons. The van der Waals surface area contributed by atoms with Crippen molar-refractivity contribution in [3.63, 3.8) is 0 Å². The van der Waals surface area contributed by atoms with Crippen molar-refractivity contribution in [1.82, 2.24) is 15.0 Å². The van der Waals surface area contributed by atoms with Crippen molar-refractivity contribution in [1.29, 1.82) is 0 Å². The number of aromatic nitrogens is 3. The third-order valence-electron chi connectivity index (χ3n) is 6.56. The van der Waals surface area contributed by atoms with Gasteiger partial charge in [0.2, 0.25) is 0 Å². The highest BCUT2D eigenvalue weighted by atomic mass is 16.5. The number of hydrogen-bond donors (Lipinski definition) is 1. The largest absolute Gasteiger partial charge is 0.441 e. The summed E-state index contributed by atoms with van der Waals surface area (Å²) in [5.41, 5.74) is 5.04. The summed E-state index contributed by atoms with van der Waals surface area (Å²) < 4.78 is 11.4. The highest BCUT2D eigenvalue weighted by Gasteiger charge is 2.41. The number of benzene rings is 1. The standard InChI is InChI=1S/C23H28N4O3/c1-14-11-23(13-29-14)6-8-27(9-7-23)22-19(12-28)26-21(15(2)24-22)17-4-5-20-18(10-17)25-16(3)30-20/h4-5,10,14,28H,6-9,11-13H2,1-3H3/t14-/m0/s1. The number of oxazole rings is 1. The number of aliphatic hydroxyl groups excluding tert-OH is 1. The first-order chi connectivity index (χ1) is 14.5. The van der Waals surface area contributed by atoms with Crippen LogP contribution in [0.4, 0.5) is 5.82 Å². The number of piperidine rings is 1. The average Bonchev–Trinajstić information content (AvgIpc) is 3.29. The van der Waals surface area contributed by atoms with Gasteiger partial charge in [-0.1, -0.05) is 0 Å². The van der Waals surface area contributed by atoms with Gasteiger partial charge in [0, 0.05) is 25.6 Å². The predicted molar refractivity (Wildman–Crippen MR) is 114 cm³/mol. The van der Waals surface area contributed by atoms with Gasteiger partial charge < -0.3 is 19.2 Å². The fourth-order valence-corrected chi connectivity index (χ4v) is 4.95. The maximum absolute atomic E-state index is 10.0. The fourth-order valence-electron chi connectivity index (χ4n) is 4.95. The summed E-state index contributed by atoms with van der Waals surface area (Å²) in [5, 5.41) is 10.0. The number of anilines is 1. The summed E-state index contributed by atoms with van der Waals surface area (Å²) in [6.45, 7) is 8.54. The van der Waals surface area contributed by atoms with Crippen LogP contribution in [0.25, 0.3) is 22.4 Å². The van der Waals surface area contributed by atoms with E-state index in [-0.39, 0.29) is 6.61 Å². The minimum Gasteiger partial charge on any atom is -0.441 e. The highest BCUT2D eigenvalue weighted by molar-refractivity contribution is 5.80. The Morgan fingerprint density at radius 2 is 1.97 bits per heavy atom. The lowest BCUT2D eigenvalue weighted by Gasteiger charge is -2.39. The maximum Gasteiger partial charge on any atom is 0.192 e. The molecule has 30 heavy (non-hydrogen) atoms. The van der Waals surface area contributed by atoms with Gasteiger partial charge in [0.25, 0.3) is 0 Å². The number of hydrogen-bond acceptors (Lipinski definition) is 7. The van der Waals surface area contributed by atoms with E-state index in [4.69, 9.17) is 19.1 Å². The van der Waals surface area contributed by atoms with E-state index >= 15 is 0 Å². The lowest BCUT2D eigenvalue weighted by atomic mass is 9.77. The molecule has 2 aromatic heterocycles. The Labute approximate surface area is 176 Å². The Bertz CT molecular complexity index is 1090. The lowest BCUT2D eigenvalue weighted by molar-refractivity contribution is 0.0975. The van der Waals surface area contributed by atoms with Crippen molar-refractivity contribution in [2.24, 2.45) is 5.41 Å². The van der Waals surface area contributed by atoms with Gasteiger partial charge in [-0.05, 0) is 56.7 Å². The summed E-state index contributed by atoms with van der Waals surface area (Å²) in [7, 11) is 0. The van der Waals surface area contributed by atoms with E-state index in [9.17, 15) is 5.11 Å². The summed E-state index contributed by atoms with van der Waals surface area (Å²) in [6, 6.07) is 5.85. The van der Waals surface area contributed by atoms with E-state index in [1.165, 1.54) is 0 Å². The zero-order chi connectivity index (χ0) is 20.9. The van der Waals surface area contributed by atoms with Gasteiger partial charge in [0.15, 0.2) is 17.3 Å². The molecule has 0 bridgehead atoms. The molecule has 0 amide bonds. The van der Waals surface area contributed by atoms with Crippen LogP contribution in [0, 0.1) is 19.3 Å². The Morgan fingerprint density at radius 3 is 2.67 bits per heavy atom. The molecule has 3 aromatic rings. The zero-order valence-electron chi connectivity index (χ0n) is 17.8. The van der Waals surface area contributed by atoms with Crippen molar-refractivity contribution in [3.8, 4) is 11.3 Å². The molecule has 2 aliphatic rings. The second-order valence-corrected chi connectivity index (χ2v) is 8.81. The molecule has 7 nitrogen and oxygen atoms in total. The van der Waals surface area contributed by atoms with Gasteiger partial charge in [0.1, 0.15) is 11.2 Å². The molecule has 1 N–H and O–H groups in total. The second-order valence-electron chi connectivity index (χ2n) is 8.81.